The lowest BCUT2D eigenvalue weighted by Crippen LogP contribution is -2.59. The molecule has 1 aliphatic heterocycles. The molecule has 1 rings (SSSR count). The van der Waals surface area contributed by atoms with Crippen molar-refractivity contribution in [3.63, 3.8) is 0 Å². The molecular formula is C18H27F6N3O4. The number of carbonyl (C=O) groups is 3. The van der Waals surface area contributed by atoms with Crippen molar-refractivity contribution in [1.29, 1.82) is 0 Å². The van der Waals surface area contributed by atoms with Gasteiger partial charge in [-0.3, -0.25) is 9.59 Å². The molecule has 0 aromatic heterocycles. The Morgan fingerprint density at radius 2 is 1.58 bits per heavy atom. The van der Waals surface area contributed by atoms with Crippen molar-refractivity contribution in [3.8, 4) is 0 Å². The lowest BCUT2D eigenvalue weighted by Gasteiger charge is -2.34. The SMILES string of the molecule is CC(C)C(NC(=O)[C@H]1CCCN1C(=O)[C@@H](N)C(C)C)[C@H](OC(=O)C(F)(F)F)C(F)(F)F. The number of alkyl halides is 6. The van der Waals surface area contributed by atoms with Gasteiger partial charge in [0.2, 0.25) is 17.9 Å². The topological polar surface area (TPSA) is 102 Å². The fraction of sp³-hybridized carbons (Fsp3) is 0.833. The summed E-state index contributed by atoms with van der Waals surface area (Å²) in [6.45, 7) is 5.97. The zero-order valence-electron chi connectivity index (χ0n) is 17.5. The largest absolute Gasteiger partial charge is 0.490 e. The molecule has 0 aliphatic carbocycles. The highest BCUT2D eigenvalue weighted by Gasteiger charge is 2.54. The highest BCUT2D eigenvalue weighted by atomic mass is 19.4. The third-order valence-electron chi connectivity index (χ3n) is 4.98. The van der Waals surface area contributed by atoms with Crippen LogP contribution in [-0.2, 0) is 19.1 Å². The fourth-order valence-electron chi connectivity index (χ4n) is 3.16. The van der Waals surface area contributed by atoms with Crippen molar-refractivity contribution in [3.05, 3.63) is 0 Å². The number of carbonyl (C=O) groups excluding carboxylic acids is 3. The predicted molar refractivity (Wildman–Crippen MR) is 96.3 cm³/mol. The maximum Gasteiger partial charge on any atom is 0.490 e. The molecule has 2 amide bonds. The zero-order chi connectivity index (χ0) is 24.3. The molecule has 31 heavy (non-hydrogen) atoms. The van der Waals surface area contributed by atoms with Gasteiger partial charge in [-0.25, -0.2) is 4.79 Å². The van der Waals surface area contributed by atoms with E-state index >= 15 is 0 Å². The molecule has 0 bridgehead atoms. The molecular weight excluding hydrogens is 436 g/mol. The second kappa shape index (κ2) is 10.0. The fourth-order valence-corrected chi connectivity index (χ4v) is 3.16. The van der Waals surface area contributed by atoms with Crippen LogP contribution in [-0.4, -0.2) is 65.8 Å². The first-order valence-electron chi connectivity index (χ1n) is 9.69. The molecule has 1 fully saturated rings. The van der Waals surface area contributed by atoms with Crippen LogP contribution in [0.25, 0.3) is 0 Å². The van der Waals surface area contributed by atoms with Crippen LogP contribution in [0.1, 0.15) is 40.5 Å². The van der Waals surface area contributed by atoms with E-state index < -0.39 is 60.3 Å². The van der Waals surface area contributed by atoms with Crippen LogP contribution in [0.15, 0.2) is 0 Å². The van der Waals surface area contributed by atoms with Gasteiger partial charge in [-0.05, 0) is 24.7 Å². The van der Waals surface area contributed by atoms with Gasteiger partial charge in [-0.2, -0.15) is 26.3 Å². The first-order valence-corrected chi connectivity index (χ1v) is 9.69. The summed E-state index contributed by atoms with van der Waals surface area (Å²) in [5.74, 6) is -5.87. The van der Waals surface area contributed by atoms with Gasteiger partial charge in [0.1, 0.15) is 6.04 Å². The zero-order valence-corrected chi connectivity index (χ0v) is 17.5. The lowest BCUT2D eigenvalue weighted by molar-refractivity contribution is -0.252. The Balaban J connectivity index is 3.10. The number of hydrogen-bond donors (Lipinski definition) is 2. The van der Waals surface area contributed by atoms with E-state index in [0.717, 1.165) is 4.90 Å². The molecule has 180 valence electrons. The van der Waals surface area contributed by atoms with Crippen molar-refractivity contribution in [2.24, 2.45) is 17.6 Å². The summed E-state index contributed by atoms with van der Waals surface area (Å²) in [5.41, 5.74) is 5.82. The molecule has 4 atom stereocenters. The number of ether oxygens (including phenoxy) is 1. The number of amides is 2. The van der Waals surface area contributed by atoms with E-state index in [0.29, 0.717) is 6.42 Å². The molecule has 0 radical (unpaired) electrons. The number of nitrogens with zero attached hydrogens (tertiary/aromatic N) is 1. The Labute approximate surface area is 175 Å². The molecule has 0 spiro atoms. The molecule has 0 aromatic carbocycles. The molecule has 13 heteroatoms. The van der Waals surface area contributed by atoms with Crippen molar-refractivity contribution in [2.75, 3.05) is 6.54 Å². The Morgan fingerprint density at radius 3 is 2.00 bits per heavy atom. The number of esters is 1. The minimum Gasteiger partial charge on any atom is -0.444 e. The van der Waals surface area contributed by atoms with Crippen molar-refractivity contribution >= 4 is 17.8 Å². The third kappa shape index (κ3) is 6.97. The lowest BCUT2D eigenvalue weighted by atomic mass is 9.97. The van der Waals surface area contributed by atoms with E-state index in [2.05, 4.69) is 4.74 Å². The van der Waals surface area contributed by atoms with Gasteiger partial charge in [-0.1, -0.05) is 27.7 Å². The highest BCUT2D eigenvalue weighted by Crippen LogP contribution is 2.31. The Bertz CT molecular complexity index is 666. The monoisotopic (exact) mass is 463 g/mol. The molecule has 1 aliphatic rings. The maximum atomic E-state index is 13.4. The van der Waals surface area contributed by atoms with Gasteiger partial charge in [0.15, 0.2) is 0 Å². The van der Waals surface area contributed by atoms with Crippen LogP contribution < -0.4 is 11.1 Å². The summed E-state index contributed by atoms with van der Waals surface area (Å²) in [6.07, 6.45) is -13.7. The van der Waals surface area contributed by atoms with Crippen molar-refractivity contribution in [1.82, 2.24) is 10.2 Å². The number of hydrogen-bond acceptors (Lipinski definition) is 5. The van der Waals surface area contributed by atoms with Gasteiger partial charge in [-0.15, -0.1) is 0 Å². The van der Waals surface area contributed by atoms with E-state index in [1.807, 2.05) is 5.32 Å². The quantitative estimate of drug-likeness (QED) is 0.445. The Kier molecular flexibility index (Phi) is 8.75. The van der Waals surface area contributed by atoms with E-state index in [-0.39, 0.29) is 18.9 Å². The van der Waals surface area contributed by atoms with Gasteiger partial charge >= 0.3 is 18.3 Å². The van der Waals surface area contributed by atoms with Crippen molar-refractivity contribution < 1.29 is 45.5 Å². The van der Waals surface area contributed by atoms with Gasteiger partial charge in [0.05, 0.1) is 12.1 Å². The first-order chi connectivity index (χ1) is 14.0. The number of nitrogens with two attached hydrogens (primary N) is 1. The van der Waals surface area contributed by atoms with Crippen LogP contribution in [0.2, 0.25) is 0 Å². The van der Waals surface area contributed by atoms with Crippen LogP contribution in [0.4, 0.5) is 26.3 Å². The van der Waals surface area contributed by atoms with Gasteiger partial charge in [0.25, 0.3) is 0 Å². The molecule has 0 aromatic rings. The average Bonchev–Trinajstić information content (AvgIpc) is 3.10. The number of rotatable bonds is 7. The Hall–Kier alpha value is -2.05. The molecule has 1 heterocycles. The summed E-state index contributed by atoms with van der Waals surface area (Å²) in [4.78, 5) is 37.4. The summed E-state index contributed by atoms with van der Waals surface area (Å²) in [5, 5.41) is 2.04. The molecule has 3 N–H and O–H groups in total. The standard InChI is InChI=1S/C18H27F6N3O4/c1-8(2)11(25)15(29)27-7-5-6-10(27)14(28)26-12(9(3)4)13(17(19,20)21)31-16(30)18(22,23)24/h8-13H,5-7,25H2,1-4H3,(H,26,28)/t10-,11+,12?,13+/m1/s1. The first kappa shape index (κ1) is 27.0. The third-order valence-corrected chi connectivity index (χ3v) is 4.98. The summed E-state index contributed by atoms with van der Waals surface area (Å²) in [7, 11) is 0. The van der Waals surface area contributed by atoms with E-state index in [4.69, 9.17) is 5.73 Å². The second-order valence-corrected chi connectivity index (χ2v) is 8.10. The second-order valence-electron chi connectivity index (χ2n) is 8.10. The highest BCUT2D eigenvalue weighted by molar-refractivity contribution is 5.90. The van der Waals surface area contributed by atoms with Crippen LogP contribution >= 0.6 is 0 Å². The van der Waals surface area contributed by atoms with Gasteiger partial charge < -0.3 is 20.7 Å². The molecule has 7 nitrogen and oxygen atoms in total. The Morgan fingerprint density at radius 1 is 1.03 bits per heavy atom. The smallest absolute Gasteiger partial charge is 0.444 e. The minimum atomic E-state index is -5.64. The van der Waals surface area contributed by atoms with Crippen LogP contribution in [0.5, 0.6) is 0 Å². The van der Waals surface area contributed by atoms with Crippen molar-refractivity contribution in [2.45, 2.75) is 77.1 Å². The molecule has 1 unspecified atom stereocenters. The number of nitrogens with one attached hydrogen (secondary N) is 1. The summed E-state index contributed by atoms with van der Waals surface area (Å²) in [6, 6.07) is -4.06. The minimum absolute atomic E-state index is 0.145. The summed E-state index contributed by atoms with van der Waals surface area (Å²) >= 11 is 0. The number of halogens is 6. The van der Waals surface area contributed by atoms with E-state index in [9.17, 15) is 40.7 Å². The van der Waals surface area contributed by atoms with E-state index in [1.165, 1.54) is 13.8 Å². The van der Waals surface area contributed by atoms with Crippen LogP contribution in [0.3, 0.4) is 0 Å². The normalized spacial score (nSPS) is 20.5. The maximum absolute atomic E-state index is 13.4. The molecule has 1 saturated heterocycles. The number of likely N-dealkylation sites (tertiary alicyclic amines) is 1. The average molecular weight is 463 g/mol. The molecule has 0 saturated carbocycles. The predicted octanol–water partition coefficient (Wildman–Crippen LogP) is 2.14. The van der Waals surface area contributed by atoms with E-state index in [1.54, 1.807) is 13.8 Å². The van der Waals surface area contributed by atoms with Crippen LogP contribution in [0, 0.1) is 11.8 Å². The van der Waals surface area contributed by atoms with Gasteiger partial charge in [0, 0.05) is 6.54 Å². The summed E-state index contributed by atoms with van der Waals surface area (Å²) < 4.78 is 81.4.